The zero-order chi connectivity index (χ0) is 14.9. The van der Waals surface area contributed by atoms with Crippen molar-refractivity contribution in [2.75, 3.05) is 24.5 Å². The number of alkyl halides is 3. The van der Waals surface area contributed by atoms with Gasteiger partial charge in [-0.05, 0) is 32.9 Å². The highest BCUT2D eigenvalue weighted by molar-refractivity contribution is 5.40. The third-order valence-corrected chi connectivity index (χ3v) is 3.74. The normalized spacial score (nSPS) is 21.6. The van der Waals surface area contributed by atoms with Gasteiger partial charge in [0, 0.05) is 37.9 Å². The van der Waals surface area contributed by atoms with Gasteiger partial charge in [-0.2, -0.15) is 13.2 Å². The molecule has 2 heterocycles. The molecule has 0 bridgehead atoms. The average Bonchev–Trinajstić information content (AvgIpc) is 2.37. The first-order chi connectivity index (χ1) is 9.29. The van der Waals surface area contributed by atoms with Crippen LogP contribution in [0.15, 0.2) is 18.3 Å². The van der Waals surface area contributed by atoms with Gasteiger partial charge in [-0.1, -0.05) is 0 Å². The zero-order valence-electron chi connectivity index (χ0n) is 12.0. The number of nitrogens with zero attached hydrogens (tertiary/aromatic N) is 3. The molecule has 20 heavy (non-hydrogen) atoms. The van der Waals surface area contributed by atoms with Crippen molar-refractivity contribution in [2.45, 2.75) is 39.0 Å². The highest BCUT2D eigenvalue weighted by atomic mass is 19.4. The second kappa shape index (κ2) is 5.60. The quantitative estimate of drug-likeness (QED) is 0.833. The smallest absolute Gasteiger partial charge is 0.354 e. The summed E-state index contributed by atoms with van der Waals surface area (Å²) >= 11 is 0. The minimum absolute atomic E-state index is 0.368. The topological polar surface area (TPSA) is 19.4 Å². The minimum Gasteiger partial charge on any atom is -0.354 e. The van der Waals surface area contributed by atoms with Gasteiger partial charge in [0.2, 0.25) is 0 Å². The number of rotatable bonds is 2. The summed E-state index contributed by atoms with van der Waals surface area (Å²) in [6, 6.07) is 3.41. The fourth-order valence-electron chi connectivity index (χ4n) is 2.69. The molecule has 0 amide bonds. The number of piperazine rings is 1. The second-order valence-electron chi connectivity index (χ2n) is 5.53. The third kappa shape index (κ3) is 3.23. The molecule has 6 heteroatoms. The lowest BCUT2D eigenvalue weighted by Crippen LogP contribution is -2.54. The van der Waals surface area contributed by atoms with Crippen LogP contribution in [0.25, 0.3) is 0 Å². The van der Waals surface area contributed by atoms with E-state index in [1.54, 1.807) is 0 Å². The lowest BCUT2D eigenvalue weighted by atomic mass is 10.1. The Morgan fingerprint density at radius 2 is 1.95 bits per heavy atom. The summed E-state index contributed by atoms with van der Waals surface area (Å²) in [6.45, 7) is 8.93. The van der Waals surface area contributed by atoms with Crippen LogP contribution in [0.5, 0.6) is 0 Å². The Labute approximate surface area is 117 Å². The van der Waals surface area contributed by atoms with Gasteiger partial charge in [0.05, 0.1) is 5.56 Å². The summed E-state index contributed by atoms with van der Waals surface area (Å²) in [7, 11) is 0. The molecule has 1 atom stereocenters. The van der Waals surface area contributed by atoms with Gasteiger partial charge in [0.15, 0.2) is 0 Å². The monoisotopic (exact) mass is 287 g/mol. The molecule has 0 unspecified atom stereocenters. The van der Waals surface area contributed by atoms with Gasteiger partial charge in [-0.25, -0.2) is 4.98 Å². The maximum Gasteiger partial charge on any atom is 0.417 e. The molecular weight excluding hydrogens is 267 g/mol. The molecule has 0 spiro atoms. The first kappa shape index (κ1) is 15.1. The van der Waals surface area contributed by atoms with Crippen LogP contribution in [-0.2, 0) is 6.18 Å². The van der Waals surface area contributed by atoms with E-state index in [0.717, 1.165) is 31.9 Å². The first-order valence-corrected chi connectivity index (χ1v) is 6.83. The van der Waals surface area contributed by atoms with Gasteiger partial charge >= 0.3 is 6.18 Å². The molecule has 1 aliphatic heterocycles. The van der Waals surface area contributed by atoms with Crippen molar-refractivity contribution in [1.82, 2.24) is 9.88 Å². The van der Waals surface area contributed by atoms with E-state index in [1.165, 1.54) is 6.07 Å². The van der Waals surface area contributed by atoms with E-state index in [-0.39, 0.29) is 0 Å². The maximum atomic E-state index is 12.5. The molecule has 1 aromatic rings. The number of aromatic nitrogens is 1. The fraction of sp³-hybridized carbons (Fsp3) is 0.643. The van der Waals surface area contributed by atoms with Crippen LogP contribution in [0.1, 0.15) is 26.3 Å². The third-order valence-electron chi connectivity index (χ3n) is 3.74. The maximum absolute atomic E-state index is 12.5. The number of hydrogen-bond acceptors (Lipinski definition) is 3. The molecule has 112 valence electrons. The Bertz CT molecular complexity index is 442. The summed E-state index contributed by atoms with van der Waals surface area (Å²) in [4.78, 5) is 8.40. The van der Waals surface area contributed by atoms with Gasteiger partial charge in [-0.3, -0.25) is 4.90 Å². The van der Waals surface area contributed by atoms with E-state index in [1.807, 2.05) is 4.90 Å². The van der Waals surface area contributed by atoms with E-state index < -0.39 is 11.7 Å². The second-order valence-corrected chi connectivity index (χ2v) is 5.53. The molecule has 0 aromatic carbocycles. The molecule has 2 rings (SSSR count). The lowest BCUT2D eigenvalue weighted by Gasteiger charge is -2.42. The van der Waals surface area contributed by atoms with Crippen molar-refractivity contribution in [2.24, 2.45) is 0 Å². The standard InChI is InChI=1S/C14H20F3N3/c1-10(2)20-7-6-19(9-11(20)3)13-5-4-12(8-18-13)14(15,16)17/h4-5,8,10-11H,6-7,9H2,1-3H3/t11-/m1/s1. The molecule has 1 aromatic heterocycles. The summed E-state index contributed by atoms with van der Waals surface area (Å²) in [5, 5.41) is 0. The number of pyridine rings is 1. The predicted octanol–water partition coefficient (Wildman–Crippen LogP) is 3.02. The van der Waals surface area contributed by atoms with Gasteiger partial charge in [0.1, 0.15) is 5.82 Å². The van der Waals surface area contributed by atoms with Crippen molar-refractivity contribution < 1.29 is 13.2 Å². The Morgan fingerprint density at radius 3 is 2.40 bits per heavy atom. The first-order valence-electron chi connectivity index (χ1n) is 6.83. The van der Waals surface area contributed by atoms with E-state index >= 15 is 0 Å². The van der Waals surface area contributed by atoms with Crippen LogP contribution in [0.2, 0.25) is 0 Å². The van der Waals surface area contributed by atoms with Crippen molar-refractivity contribution in [3.63, 3.8) is 0 Å². The van der Waals surface area contributed by atoms with Crippen molar-refractivity contribution in [3.05, 3.63) is 23.9 Å². The number of anilines is 1. The minimum atomic E-state index is -4.32. The molecule has 1 aliphatic rings. The molecule has 1 saturated heterocycles. The largest absolute Gasteiger partial charge is 0.417 e. The summed E-state index contributed by atoms with van der Waals surface area (Å²) in [5.74, 6) is 0.619. The van der Waals surface area contributed by atoms with E-state index in [4.69, 9.17) is 0 Å². The Morgan fingerprint density at radius 1 is 1.25 bits per heavy atom. The van der Waals surface area contributed by atoms with E-state index in [2.05, 4.69) is 30.7 Å². The molecule has 3 nitrogen and oxygen atoms in total. The van der Waals surface area contributed by atoms with Crippen molar-refractivity contribution >= 4 is 5.82 Å². The molecule has 0 N–H and O–H groups in total. The van der Waals surface area contributed by atoms with Crippen LogP contribution in [-0.4, -0.2) is 41.6 Å². The number of halogens is 3. The lowest BCUT2D eigenvalue weighted by molar-refractivity contribution is -0.137. The van der Waals surface area contributed by atoms with Crippen LogP contribution in [0, 0.1) is 0 Å². The fourth-order valence-corrected chi connectivity index (χ4v) is 2.69. The van der Waals surface area contributed by atoms with E-state index in [0.29, 0.717) is 17.9 Å². The summed E-state index contributed by atoms with van der Waals surface area (Å²) in [5.41, 5.74) is -0.699. The Kier molecular flexibility index (Phi) is 4.22. The predicted molar refractivity (Wildman–Crippen MR) is 72.8 cm³/mol. The van der Waals surface area contributed by atoms with E-state index in [9.17, 15) is 13.2 Å². The van der Waals surface area contributed by atoms with Crippen LogP contribution in [0.3, 0.4) is 0 Å². The van der Waals surface area contributed by atoms with Gasteiger partial charge < -0.3 is 4.90 Å². The summed E-state index contributed by atoms with van der Waals surface area (Å²) in [6.07, 6.45) is -3.41. The molecular formula is C14H20F3N3. The van der Waals surface area contributed by atoms with Crippen LogP contribution < -0.4 is 4.90 Å². The molecule has 0 radical (unpaired) electrons. The molecule has 1 fully saturated rings. The SMILES string of the molecule is CC(C)N1CCN(c2ccc(C(F)(F)F)cn2)C[C@H]1C. The van der Waals surface area contributed by atoms with Crippen LogP contribution >= 0.6 is 0 Å². The van der Waals surface area contributed by atoms with Crippen molar-refractivity contribution in [1.29, 1.82) is 0 Å². The van der Waals surface area contributed by atoms with Crippen molar-refractivity contribution in [3.8, 4) is 0 Å². The molecule has 0 aliphatic carbocycles. The Hall–Kier alpha value is -1.30. The zero-order valence-corrected chi connectivity index (χ0v) is 12.0. The highest BCUT2D eigenvalue weighted by Crippen LogP contribution is 2.29. The summed E-state index contributed by atoms with van der Waals surface area (Å²) < 4.78 is 37.5. The number of hydrogen-bond donors (Lipinski definition) is 0. The average molecular weight is 287 g/mol. The molecule has 0 saturated carbocycles. The van der Waals surface area contributed by atoms with Crippen LogP contribution in [0.4, 0.5) is 19.0 Å². The van der Waals surface area contributed by atoms with Gasteiger partial charge in [-0.15, -0.1) is 0 Å². The van der Waals surface area contributed by atoms with Gasteiger partial charge in [0.25, 0.3) is 0 Å². The highest BCUT2D eigenvalue weighted by Gasteiger charge is 2.31. The Balaban J connectivity index is 2.07.